The molecule has 104 valence electrons. The molecule has 2 heterocycles. The Bertz CT molecular complexity index is 449. The highest BCUT2D eigenvalue weighted by molar-refractivity contribution is 9.10. The second kappa shape index (κ2) is 5.80. The Morgan fingerprint density at radius 3 is 3.05 bits per heavy atom. The predicted molar refractivity (Wildman–Crippen MR) is 82.4 cm³/mol. The summed E-state index contributed by atoms with van der Waals surface area (Å²) in [6, 6.07) is 2.96. The molecule has 3 rings (SSSR count). The number of nitrogens with zero attached hydrogens (tertiary/aromatic N) is 2. The molecule has 1 N–H and O–H groups in total. The van der Waals surface area contributed by atoms with Gasteiger partial charge in [0.15, 0.2) is 0 Å². The van der Waals surface area contributed by atoms with E-state index in [1.807, 2.05) is 6.20 Å². The van der Waals surface area contributed by atoms with Gasteiger partial charge in [0.25, 0.3) is 0 Å². The number of hydrogen-bond donors (Lipinski definition) is 1. The average molecular weight is 324 g/mol. The molecule has 1 aromatic heterocycles. The third-order valence-electron chi connectivity index (χ3n) is 4.33. The summed E-state index contributed by atoms with van der Waals surface area (Å²) in [5.74, 6) is 2.12. The Kier molecular flexibility index (Phi) is 4.08. The van der Waals surface area contributed by atoms with Crippen LogP contribution in [0.25, 0.3) is 0 Å². The van der Waals surface area contributed by atoms with Crippen LogP contribution in [-0.4, -0.2) is 24.1 Å². The van der Waals surface area contributed by atoms with E-state index in [2.05, 4.69) is 39.1 Å². The van der Waals surface area contributed by atoms with Crippen molar-refractivity contribution >= 4 is 21.7 Å². The first-order chi connectivity index (χ1) is 9.28. The zero-order chi connectivity index (χ0) is 13.2. The van der Waals surface area contributed by atoms with Crippen LogP contribution in [0.15, 0.2) is 16.7 Å². The van der Waals surface area contributed by atoms with E-state index in [1.54, 1.807) is 0 Å². The van der Waals surface area contributed by atoms with Gasteiger partial charge in [-0.1, -0.05) is 6.92 Å². The molecule has 1 aromatic rings. The Labute approximate surface area is 123 Å². The van der Waals surface area contributed by atoms with E-state index in [4.69, 9.17) is 4.98 Å². The maximum Gasteiger partial charge on any atom is 0.133 e. The Morgan fingerprint density at radius 1 is 1.47 bits per heavy atom. The summed E-state index contributed by atoms with van der Waals surface area (Å²) < 4.78 is 1.08. The Balaban J connectivity index is 1.79. The third kappa shape index (κ3) is 2.79. The van der Waals surface area contributed by atoms with E-state index in [9.17, 15) is 0 Å². The molecule has 2 unspecified atom stereocenters. The minimum atomic E-state index is 0.739. The first-order valence-electron chi connectivity index (χ1n) is 7.39. The van der Waals surface area contributed by atoms with Gasteiger partial charge in [-0.25, -0.2) is 4.98 Å². The number of aromatic nitrogens is 1. The van der Waals surface area contributed by atoms with E-state index in [0.717, 1.165) is 29.5 Å². The number of halogens is 1. The topological polar surface area (TPSA) is 28.2 Å². The molecule has 0 radical (unpaired) electrons. The number of pyridine rings is 1. The van der Waals surface area contributed by atoms with Gasteiger partial charge in [-0.2, -0.15) is 0 Å². The summed E-state index contributed by atoms with van der Waals surface area (Å²) in [5.41, 5.74) is 1.33. The number of anilines is 1. The van der Waals surface area contributed by atoms with Crippen molar-refractivity contribution in [2.24, 2.45) is 5.92 Å². The largest absolute Gasteiger partial charge is 0.353 e. The Morgan fingerprint density at radius 2 is 2.37 bits per heavy atom. The molecule has 0 spiro atoms. The van der Waals surface area contributed by atoms with Crippen LogP contribution in [0, 0.1) is 5.92 Å². The van der Waals surface area contributed by atoms with Crippen LogP contribution in [-0.2, 0) is 6.54 Å². The van der Waals surface area contributed by atoms with Gasteiger partial charge in [0.05, 0.1) is 0 Å². The van der Waals surface area contributed by atoms with Crippen molar-refractivity contribution in [1.82, 2.24) is 10.3 Å². The molecule has 19 heavy (non-hydrogen) atoms. The van der Waals surface area contributed by atoms with Gasteiger partial charge in [0.1, 0.15) is 5.82 Å². The summed E-state index contributed by atoms with van der Waals surface area (Å²) in [4.78, 5) is 7.24. The van der Waals surface area contributed by atoms with Crippen molar-refractivity contribution in [2.45, 2.75) is 45.2 Å². The zero-order valence-corrected chi connectivity index (χ0v) is 13.1. The summed E-state index contributed by atoms with van der Waals surface area (Å²) in [5, 5.41) is 3.50. The van der Waals surface area contributed by atoms with Gasteiger partial charge in [-0.15, -0.1) is 0 Å². The lowest BCUT2D eigenvalue weighted by atomic mass is 10.1. The maximum absolute atomic E-state index is 4.70. The highest BCUT2D eigenvalue weighted by Gasteiger charge is 2.39. The lowest BCUT2D eigenvalue weighted by Gasteiger charge is -2.30. The van der Waals surface area contributed by atoms with E-state index < -0.39 is 0 Å². The van der Waals surface area contributed by atoms with Crippen LogP contribution < -0.4 is 10.2 Å². The Hall–Kier alpha value is -0.610. The van der Waals surface area contributed by atoms with Gasteiger partial charge in [-0.05, 0) is 60.1 Å². The van der Waals surface area contributed by atoms with Crippen LogP contribution in [0.1, 0.15) is 38.2 Å². The molecule has 2 fully saturated rings. The van der Waals surface area contributed by atoms with Crippen molar-refractivity contribution < 1.29 is 0 Å². The summed E-state index contributed by atoms with van der Waals surface area (Å²) in [6.07, 6.45) is 7.25. The van der Waals surface area contributed by atoms with Crippen molar-refractivity contribution in [3.05, 3.63) is 22.3 Å². The lowest BCUT2D eigenvalue weighted by molar-refractivity contribution is 0.547. The second-order valence-corrected chi connectivity index (χ2v) is 6.71. The summed E-state index contributed by atoms with van der Waals surface area (Å²) in [6.45, 7) is 5.40. The van der Waals surface area contributed by atoms with Crippen LogP contribution in [0.4, 0.5) is 5.82 Å². The zero-order valence-electron chi connectivity index (χ0n) is 11.5. The number of fused-ring (bicyclic) bond motifs is 2. The molecule has 1 aliphatic heterocycles. The SMILES string of the molecule is CCCNCc1cc(Br)cnc1N1CC2CCC1C2. The molecule has 1 saturated carbocycles. The smallest absolute Gasteiger partial charge is 0.133 e. The van der Waals surface area contributed by atoms with Gasteiger partial charge < -0.3 is 10.2 Å². The molecule has 3 nitrogen and oxygen atoms in total. The molecular weight excluding hydrogens is 302 g/mol. The lowest BCUT2D eigenvalue weighted by Crippen LogP contribution is -2.34. The highest BCUT2D eigenvalue weighted by Crippen LogP contribution is 2.40. The number of nitrogens with one attached hydrogen (secondary N) is 1. The van der Waals surface area contributed by atoms with E-state index >= 15 is 0 Å². The van der Waals surface area contributed by atoms with Gasteiger partial charge in [-0.3, -0.25) is 0 Å². The van der Waals surface area contributed by atoms with E-state index in [1.165, 1.54) is 43.6 Å². The molecule has 1 saturated heterocycles. The molecule has 0 aromatic carbocycles. The van der Waals surface area contributed by atoms with Crippen molar-refractivity contribution in [2.75, 3.05) is 18.0 Å². The van der Waals surface area contributed by atoms with Gasteiger partial charge in [0, 0.05) is 35.4 Å². The fraction of sp³-hybridized carbons (Fsp3) is 0.667. The monoisotopic (exact) mass is 323 g/mol. The molecule has 1 aliphatic carbocycles. The molecular formula is C15H22BrN3. The minimum absolute atomic E-state index is 0.739. The molecule has 4 heteroatoms. The first kappa shape index (κ1) is 13.4. The first-order valence-corrected chi connectivity index (χ1v) is 8.19. The predicted octanol–water partition coefficient (Wildman–Crippen LogP) is 3.33. The van der Waals surface area contributed by atoms with Gasteiger partial charge in [0.2, 0.25) is 0 Å². The van der Waals surface area contributed by atoms with Crippen LogP contribution in [0.2, 0.25) is 0 Å². The van der Waals surface area contributed by atoms with Crippen LogP contribution in [0.3, 0.4) is 0 Å². The standard InChI is InChI=1S/C15H22BrN3/c1-2-5-17-8-12-7-13(16)9-18-15(12)19-10-11-3-4-14(19)6-11/h7,9,11,14,17H,2-6,8,10H2,1H3. The fourth-order valence-corrected chi connectivity index (χ4v) is 3.83. The second-order valence-electron chi connectivity index (χ2n) is 5.80. The average Bonchev–Trinajstić information content (AvgIpc) is 3.01. The van der Waals surface area contributed by atoms with E-state index in [-0.39, 0.29) is 0 Å². The normalized spacial score (nSPS) is 25.3. The minimum Gasteiger partial charge on any atom is -0.353 e. The van der Waals surface area contributed by atoms with Gasteiger partial charge >= 0.3 is 0 Å². The summed E-state index contributed by atoms with van der Waals surface area (Å²) in [7, 11) is 0. The van der Waals surface area contributed by atoms with Crippen molar-refractivity contribution in [3.63, 3.8) is 0 Å². The summed E-state index contributed by atoms with van der Waals surface area (Å²) >= 11 is 3.55. The van der Waals surface area contributed by atoms with Crippen molar-refractivity contribution in [3.8, 4) is 0 Å². The van der Waals surface area contributed by atoms with E-state index in [0.29, 0.717) is 0 Å². The quantitative estimate of drug-likeness (QED) is 0.842. The van der Waals surface area contributed by atoms with Crippen molar-refractivity contribution in [1.29, 1.82) is 0 Å². The fourth-order valence-electron chi connectivity index (χ4n) is 3.45. The molecule has 2 aliphatic rings. The number of piperidine rings is 1. The molecule has 0 amide bonds. The molecule has 2 atom stereocenters. The highest BCUT2D eigenvalue weighted by atomic mass is 79.9. The third-order valence-corrected chi connectivity index (χ3v) is 4.77. The molecule has 2 bridgehead atoms. The maximum atomic E-state index is 4.70. The van der Waals surface area contributed by atoms with Crippen LogP contribution >= 0.6 is 15.9 Å². The number of hydrogen-bond acceptors (Lipinski definition) is 3. The van der Waals surface area contributed by atoms with Crippen LogP contribution in [0.5, 0.6) is 0 Å². The number of rotatable bonds is 5.